The molecule has 130 valence electrons. The number of carboxylic acid groups (broad SMARTS) is 1. The average molecular weight is 340 g/mol. The van der Waals surface area contributed by atoms with E-state index in [4.69, 9.17) is 0 Å². The van der Waals surface area contributed by atoms with Crippen molar-refractivity contribution >= 4 is 17.7 Å². The van der Waals surface area contributed by atoms with Crippen molar-refractivity contribution in [3.63, 3.8) is 0 Å². The minimum Gasteiger partial charge on any atom is -0.480 e. The van der Waals surface area contributed by atoms with Crippen LogP contribution in [0.3, 0.4) is 0 Å². The molecule has 2 aromatic rings. The number of carbonyl (C=O) groups excluding carboxylic acids is 2. The van der Waals surface area contributed by atoms with Crippen LogP contribution in [-0.2, 0) is 17.6 Å². The maximum absolute atomic E-state index is 12.6. The number of nitrogens with one attached hydrogen (secondary N) is 2. The quantitative estimate of drug-likeness (QED) is 0.777. The van der Waals surface area contributed by atoms with E-state index in [-0.39, 0.29) is 17.9 Å². The first kappa shape index (κ1) is 17.0. The van der Waals surface area contributed by atoms with Gasteiger partial charge < -0.3 is 15.4 Å². The molecule has 0 radical (unpaired) electrons. The lowest BCUT2D eigenvalue weighted by Crippen LogP contribution is -2.42. The van der Waals surface area contributed by atoms with E-state index in [1.165, 1.54) is 0 Å². The number of Topliss-reactive ketones (excluding diaryl/α,β-unsaturated/α-hetero) is 1. The summed E-state index contributed by atoms with van der Waals surface area (Å²) in [7, 11) is 0. The lowest BCUT2D eigenvalue weighted by atomic mass is 9.94. The molecular weight excluding hydrogens is 320 g/mol. The van der Waals surface area contributed by atoms with Gasteiger partial charge in [-0.3, -0.25) is 9.59 Å². The van der Waals surface area contributed by atoms with Gasteiger partial charge >= 0.3 is 5.97 Å². The molecule has 6 nitrogen and oxygen atoms in total. The Hall–Kier alpha value is -2.89. The number of carbonyl (C=O) groups is 3. The first-order valence-corrected chi connectivity index (χ1v) is 8.29. The summed E-state index contributed by atoms with van der Waals surface area (Å²) in [5, 5.41) is 12.0. The topological polar surface area (TPSA) is 99.3 Å². The third-order valence-electron chi connectivity index (χ3n) is 4.55. The number of ketones is 1. The normalized spacial score (nSPS) is 14.7. The number of benzene rings is 1. The summed E-state index contributed by atoms with van der Waals surface area (Å²) in [5.74, 6) is -1.56. The van der Waals surface area contributed by atoms with Gasteiger partial charge in [-0.2, -0.15) is 0 Å². The molecule has 1 aromatic carbocycles. The van der Waals surface area contributed by atoms with E-state index in [9.17, 15) is 19.5 Å². The van der Waals surface area contributed by atoms with Gasteiger partial charge in [-0.05, 0) is 30.9 Å². The summed E-state index contributed by atoms with van der Waals surface area (Å²) in [5.41, 5.74) is 3.06. The van der Waals surface area contributed by atoms with Gasteiger partial charge in [-0.1, -0.05) is 30.3 Å². The summed E-state index contributed by atoms with van der Waals surface area (Å²) in [4.78, 5) is 39.2. The lowest BCUT2D eigenvalue weighted by Gasteiger charge is -2.14. The Labute approximate surface area is 145 Å². The van der Waals surface area contributed by atoms with Crippen molar-refractivity contribution in [1.82, 2.24) is 10.3 Å². The van der Waals surface area contributed by atoms with Crippen molar-refractivity contribution < 1.29 is 19.5 Å². The Kier molecular flexibility index (Phi) is 4.70. The van der Waals surface area contributed by atoms with Gasteiger partial charge in [0.05, 0.1) is 0 Å². The van der Waals surface area contributed by atoms with Gasteiger partial charge in [0.1, 0.15) is 11.7 Å². The molecule has 3 N–H and O–H groups in total. The smallest absolute Gasteiger partial charge is 0.326 e. The summed E-state index contributed by atoms with van der Waals surface area (Å²) < 4.78 is 0. The van der Waals surface area contributed by atoms with E-state index < -0.39 is 17.9 Å². The van der Waals surface area contributed by atoms with E-state index in [0.717, 1.165) is 24.1 Å². The molecule has 25 heavy (non-hydrogen) atoms. The van der Waals surface area contributed by atoms with Gasteiger partial charge in [0.25, 0.3) is 5.91 Å². The fraction of sp³-hybridized carbons (Fsp3) is 0.316. The number of carboxylic acids is 1. The van der Waals surface area contributed by atoms with Crippen LogP contribution in [0.25, 0.3) is 0 Å². The van der Waals surface area contributed by atoms with Gasteiger partial charge in [0, 0.05) is 24.1 Å². The monoisotopic (exact) mass is 340 g/mol. The maximum Gasteiger partial charge on any atom is 0.326 e. The van der Waals surface area contributed by atoms with E-state index in [1.54, 1.807) is 6.92 Å². The minimum absolute atomic E-state index is 0.0353. The van der Waals surface area contributed by atoms with Crippen molar-refractivity contribution in [1.29, 1.82) is 0 Å². The predicted octanol–water partition coefficient (Wildman–Crippen LogP) is 2.27. The average Bonchev–Trinajstić information content (AvgIpc) is 2.93. The van der Waals surface area contributed by atoms with Gasteiger partial charge in [0.15, 0.2) is 5.78 Å². The fourth-order valence-electron chi connectivity index (χ4n) is 3.28. The Morgan fingerprint density at radius 1 is 1.24 bits per heavy atom. The number of aromatic nitrogens is 1. The van der Waals surface area contributed by atoms with Crippen molar-refractivity contribution in [3.8, 4) is 0 Å². The highest BCUT2D eigenvalue weighted by molar-refractivity contribution is 6.04. The molecule has 0 bridgehead atoms. The Bertz CT molecular complexity index is 823. The third kappa shape index (κ3) is 3.47. The van der Waals surface area contributed by atoms with E-state index in [0.29, 0.717) is 17.5 Å². The second kappa shape index (κ2) is 6.93. The highest BCUT2D eigenvalue weighted by Crippen LogP contribution is 2.26. The van der Waals surface area contributed by atoms with E-state index >= 15 is 0 Å². The molecule has 1 heterocycles. The molecular formula is C19H20N2O4. The number of amides is 1. The first-order chi connectivity index (χ1) is 12.0. The molecule has 0 saturated heterocycles. The van der Waals surface area contributed by atoms with E-state index in [1.807, 2.05) is 30.3 Å². The Morgan fingerprint density at radius 2 is 1.96 bits per heavy atom. The minimum atomic E-state index is -1.10. The molecule has 1 aliphatic rings. The number of aromatic amines is 1. The third-order valence-corrected chi connectivity index (χ3v) is 4.55. The molecule has 6 heteroatoms. The van der Waals surface area contributed by atoms with Crippen LogP contribution in [0.4, 0.5) is 0 Å². The predicted molar refractivity (Wildman–Crippen MR) is 91.8 cm³/mol. The number of aryl methyl sites for hydroxylation is 1. The number of rotatable bonds is 5. The molecule has 0 spiro atoms. The van der Waals surface area contributed by atoms with Crippen LogP contribution in [0, 0.1) is 6.92 Å². The number of fused-ring (bicyclic) bond motifs is 1. The van der Waals surface area contributed by atoms with Crippen LogP contribution >= 0.6 is 0 Å². The van der Waals surface area contributed by atoms with Crippen LogP contribution in [-0.4, -0.2) is 33.8 Å². The molecule has 1 unspecified atom stereocenters. The maximum atomic E-state index is 12.6. The van der Waals surface area contributed by atoms with E-state index in [2.05, 4.69) is 10.3 Å². The van der Waals surface area contributed by atoms with Crippen LogP contribution in [0.2, 0.25) is 0 Å². The lowest BCUT2D eigenvalue weighted by molar-refractivity contribution is -0.139. The van der Waals surface area contributed by atoms with Crippen molar-refractivity contribution in [2.24, 2.45) is 0 Å². The van der Waals surface area contributed by atoms with Crippen LogP contribution in [0.1, 0.15) is 50.5 Å². The molecule has 1 aromatic heterocycles. The van der Waals surface area contributed by atoms with Crippen molar-refractivity contribution in [2.45, 2.75) is 38.6 Å². The molecule has 0 aliphatic heterocycles. The Balaban J connectivity index is 1.80. The van der Waals surface area contributed by atoms with Crippen LogP contribution in [0.5, 0.6) is 0 Å². The summed E-state index contributed by atoms with van der Waals surface area (Å²) >= 11 is 0. The molecule has 1 amide bonds. The summed E-state index contributed by atoms with van der Waals surface area (Å²) in [6.45, 7) is 1.72. The van der Waals surface area contributed by atoms with Crippen LogP contribution in [0.15, 0.2) is 30.3 Å². The number of H-pyrrole nitrogens is 1. The first-order valence-electron chi connectivity index (χ1n) is 8.29. The van der Waals surface area contributed by atoms with Gasteiger partial charge in [-0.25, -0.2) is 4.79 Å². The molecule has 3 rings (SSSR count). The second-order valence-electron chi connectivity index (χ2n) is 6.31. The van der Waals surface area contributed by atoms with Gasteiger partial charge in [0.2, 0.25) is 0 Å². The molecule has 1 atom stereocenters. The number of hydrogen-bond donors (Lipinski definition) is 3. The number of aliphatic carboxylic acids is 1. The molecule has 0 saturated carbocycles. The highest BCUT2D eigenvalue weighted by atomic mass is 16.4. The Morgan fingerprint density at radius 3 is 2.60 bits per heavy atom. The van der Waals surface area contributed by atoms with Gasteiger partial charge in [-0.15, -0.1) is 0 Å². The zero-order valence-corrected chi connectivity index (χ0v) is 14.0. The SMILES string of the molecule is Cc1c(C(=O)NC(Cc2ccccc2)C(=O)O)[nH]c2c1C(=O)CCC2. The second-order valence-corrected chi connectivity index (χ2v) is 6.31. The highest BCUT2D eigenvalue weighted by Gasteiger charge is 2.28. The molecule has 0 fully saturated rings. The summed E-state index contributed by atoms with van der Waals surface area (Å²) in [6, 6.07) is 8.10. The zero-order valence-electron chi connectivity index (χ0n) is 14.0. The molecule has 1 aliphatic carbocycles. The standard InChI is InChI=1S/C19H20N2O4/c1-11-16-13(8-5-9-15(16)22)20-17(11)18(23)21-14(19(24)25)10-12-6-3-2-4-7-12/h2-4,6-7,14,20H,5,8-10H2,1H3,(H,21,23)(H,24,25). The zero-order chi connectivity index (χ0) is 18.0. The fourth-order valence-corrected chi connectivity index (χ4v) is 3.28. The van der Waals surface area contributed by atoms with Crippen molar-refractivity contribution in [3.05, 3.63) is 58.4 Å². The number of hydrogen-bond acceptors (Lipinski definition) is 3. The van der Waals surface area contributed by atoms with Crippen LogP contribution < -0.4 is 5.32 Å². The summed E-state index contributed by atoms with van der Waals surface area (Å²) in [6.07, 6.45) is 2.17. The largest absolute Gasteiger partial charge is 0.480 e. The van der Waals surface area contributed by atoms with Crippen molar-refractivity contribution in [2.75, 3.05) is 0 Å².